The number of fused-ring (bicyclic) bond motifs is 1. The average molecular weight is 288 g/mol. The van der Waals surface area contributed by atoms with Gasteiger partial charge in [-0.05, 0) is 18.6 Å². The van der Waals surface area contributed by atoms with Crippen molar-refractivity contribution >= 4 is 34.2 Å². The van der Waals surface area contributed by atoms with Crippen LogP contribution in [0.3, 0.4) is 0 Å². The van der Waals surface area contributed by atoms with E-state index in [1.54, 1.807) is 0 Å². The molecule has 1 aromatic heterocycles. The second kappa shape index (κ2) is 5.28. The minimum Gasteiger partial charge on any atom is -0.462 e. The Balaban J connectivity index is 2.60. The molecule has 96 valence electrons. The predicted octanol–water partition coefficient (Wildman–Crippen LogP) is 1.96. The Morgan fingerprint density at radius 1 is 1.39 bits per heavy atom. The van der Waals surface area contributed by atoms with Gasteiger partial charge in [-0.1, -0.05) is 23.2 Å². The highest BCUT2D eigenvalue weighted by Gasteiger charge is 2.13. The Kier molecular flexibility index (Phi) is 3.92. The van der Waals surface area contributed by atoms with Crippen molar-refractivity contribution in [2.45, 2.75) is 12.5 Å². The van der Waals surface area contributed by atoms with Crippen LogP contribution in [0.2, 0.25) is 10.0 Å². The number of hydrogen-bond acceptors (Lipinski definition) is 4. The Bertz CT molecular complexity index is 639. The molecule has 0 bridgehead atoms. The highest BCUT2D eigenvalue weighted by Crippen LogP contribution is 2.26. The van der Waals surface area contributed by atoms with Gasteiger partial charge in [0.15, 0.2) is 11.0 Å². The van der Waals surface area contributed by atoms with Crippen LogP contribution < -0.4 is 11.2 Å². The summed E-state index contributed by atoms with van der Waals surface area (Å²) in [5.74, 6) is 0. The molecule has 0 aliphatic rings. The van der Waals surface area contributed by atoms with Crippen LogP contribution in [0.25, 0.3) is 11.0 Å². The molecule has 3 N–H and O–H groups in total. The number of halogens is 2. The molecule has 2 rings (SSSR count). The Morgan fingerprint density at radius 3 is 2.78 bits per heavy atom. The van der Waals surface area contributed by atoms with Crippen LogP contribution >= 0.6 is 23.2 Å². The molecule has 0 amide bonds. The monoisotopic (exact) mass is 287 g/mol. The van der Waals surface area contributed by atoms with Gasteiger partial charge in [-0.2, -0.15) is 0 Å². The van der Waals surface area contributed by atoms with Crippen LogP contribution in [0.4, 0.5) is 0 Å². The molecule has 6 heteroatoms. The molecule has 18 heavy (non-hydrogen) atoms. The van der Waals surface area contributed by atoms with Crippen molar-refractivity contribution in [3.63, 3.8) is 0 Å². The quantitative estimate of drug-likeness (QED) is 0.905. The van der Waals surface area contributed by atoms with Crippen molar-refractivity contribution in [2.75, 3.05) is 6.61 Å². The second-order valence-corrected chi connectivity index (χ2v) is 4.84. The standard InChI is InChI=1S/C12H11Cl2NO3/c13-7-2-9-11(17)6(1-8(15)4-16)5-18-12(9)10(14)3-7/h2-3,5,8,16H,1,4,15H2. The number of benzene rings is 1. The first-order valence-electron chi connectivity index (χ1n) is 5.28. The number of hydrogen-bond donors (Lipinski definition) is 2. The van der Waals surface area contributed by atoms with Crippen molar-refractivity contribution in [1.29, 1.82) is 0 Å². The summed E-state index contributed by atoms with van der Waals surface area (Å²) in [4.78, 5) is 12.2. The average Bonchev–Trinajstić information content (AvgIpc) is 2.33. The van der Waals surface area contributed by atoms with Gasteiger partial charge in [0.2, 0.25) is 0 Å². The summed E-state index contributed by atoms with van der Waals surface area (Å²) in [5, 5.41) is 9.85. The Hall–Kier alpha value is -1.07. The van der Waals surface area contributed by atoms with E-state index < -0.39 is 6.04 Å². The third-order valence-electron chi connectivity index (χ3n) is 2.58. The number of nitrogens with two attached hydrogens (primary N) is 1. The predicted molar refractivity (Wildman–Crippen MR) is 71.3 cm³/mol. The van der Waals surface area contributed by atoms with E-state index >= 15 is 0 Å². The number of rotatable bonds is 3. The summed E-state index contributed by atoms with van der Waals surface area (Å²) in [5.41, 5.74) is 6.05. The SMILES string of the molecule is NC(CO)Cc1coc2c(Cl)cc(Cl)cc2c1=O. The highest BCUT2D eigenvalue weighted by atomic mass is 35.5. The topological polar surface area (TPSA) is 76.5 Å². The molecule has 0 fully saturated rings. The van der Waals surface area contributed by atoms with Gasteiger partial charge >= 0.3 is 0 Å². The number of aliphatic hydroxyl groups excluding tert-OH is 1. The van der Waals surface area contributed by atoms with E-state index in [1.807, 2.05) is 0 Å². The zero-order valence-corrected chi connectivity index (χ0v) is 10.8. The largest absolute Gasteiger partial charge is 0.462 e. The summed E-state index contributed by atoms with van der Waals surface area (Å²) in [7, 11) is 0. The van der Waals surface area contributed by atoms with Crippen LogP contribution in [0.1, 0.15) is 5.56 Å². The molecule has 0 saturated carbocycles. The van der Waals surface area contributed by atoms with Crippen molar-refractivity contribution in [3.05, 3.63) is 44.2 Å². The van der Waals surface area contributed by atoms with E-state index in [2.05, 4.69) is 0 Å². The fourth-order valence-corrected chi connectivity index (χ4v) is 2.23. The van der Waals surface area contributed by atoms with Gasteiger partial charge in [-0.15, -0.1) is 0 Å². The maximum Gasteiger partial charge on any atom is 0.196 e. The summed E-state index contributed by atoms with van der Waals surface area (Å²) in [6.45, 7) is -0.201. The van der Waals surface area contributed by atoms with E-state index in [-0.39, 0.29) is 23.5 Å². The smallest absolute Gasteiger partial charge is 0.196 e. The van der Waals surface area contributed by atoms with Crippen molar-refractivity contribution in [3.8, 4) is 0 Å². The molecule has 0 aliphatic heterocycles. The maximum absolute atomic E-state index is 12.2. The van der Waals surface area contributed by atoms with Gasteiger partial charge in [-0.3, -0.25) is 4.79 Å². The first-order valence-corrected chi connectivity index (χ1v) is 6.04. The molecule has 1 unspecified atom stereocenters. The van der Waals surface area contributed by atoms with E-state index in [4.69, 9.17) is 38.5 Å². The Morgan fingerprint density at radius 2 is 2.11 bits per heavy atom. The lowest BCUT2D eigenvalue weighted by atomic mass is 10.1. The molecule has 1 atom stereocenters. The fraction of sp³-hybridized carbons (Fsp3) is 0.250. The van der Waals surface area contributed by atoms with Gasteiger partial charge in [0.05, 0.1) is 23.3 Å². The van der Waals surface area contributed by atoms with Gasteiger partial charge < -0.3 is 15.3 Å². The molecule has 0 spiro atoms. The molecule has 1 heterocycles. The molecule has 0 radical (unpaired) electrons. The third kappa shape index (κ3) is 2.52. The van der Waals surface area contributed by atoms with Gasteiger partial charge in [0.25, 0.3) is 0 Å². The van der Waals surface area contributed by atoms with Crippen LogP contribution in [0.15, 0.2) is 27.6 Å². The summed E-state index contributed by atoms with van der Waals surface area (Å²) >= 11 is 11.8. The lowest BCUT2D eigenvalue weighted by Gasteiger charge is -2.08. The van der Waals surface area contributed by atoms with Crippen LogP contribution in [-0.4, -0.2) is 17.8 Å². The van der Waals surface area contributed by atoms with E-state index in [9.17, 15) is 4.79 Å². The maximum atomic E-state index is 12.2. The lowest BCUT2D eigenvalue weighted by molar-refractivity contribution is 0.265. The fourth-order valence-electron chi connectivity index (χ4n) is 1.69. The molecule has 2 aromatic rings. The first-order chi connectivity index (χ1) is 8.52. The van der Waals surface area contributed by atoms with Crippen LogP contribution in [0, 0.1) is 0 Å². The van der Waals surface area contributed by atoms with Crippen molar-refractivity contribution in [1.82, 2.24) is 0 Å². The molecule has 4 nitrogen and oxygen atoms in total. The van der Waals surface area contributed by atoms with E-state index in [0.717, 1.165) is 0 Å². The minimum absolute atomic E-state index is 0.201. The van der Waals surface area contributed by atoms with Crippen molar-refractivity contribution < 1.29 is 9.52 Å². The Labute approximate surface area is 113 Å². The summed E-state index contributed by atoms with van der Waals surface area (Å²) in [6, 6.07) is 2.51. The zero-order chi connectivity index (χ0) is 13.3. The normalized spacial score (nSPS) is 12.9. The van der Waals surface area contributed by atoms with E-state index in [1.165, 1.54) is 18.4 Å². The molecule has 1 aromatic carbocycles. The zero-order valence-electron chi connectivity index (χ0n) is 9.32. The highest BCUT2D eigenvalue weighted by molar-refractivity contribution is 6.38. The van der Waals surface area contributed by atoms with Crippen molar-refractivity contribution in [2.24, 2.45) is 5.73 Å². The minimum atomic E-state index is -0.500. The molecule has 0 saturated heterocycles. The van der Waals surface area contributed by atoms with Gasteiger partial charge in [-0.25, -0.2) is 0 Å². The van der Waals surface area contributed by atoms with Crippen LogP contribution in [0.5, 0.6) is 0 Å². The number of aliphatic hydroxyl groups is 1. The van der Waals surface area contributed by atoms with Gasteiger partial charge in [0.1, 0.15) is 0 Å². The lowest BCUT2D eigenvalue weighted by Crippen LogP contribution is -2.29. The summed E-state index contributed by atoms with van der Waals surface area (Å²) < 4.78 is 5.33. The third-order valence-corrected chi connectivity index (χ3v) is 3.08. The first kappa shape index (κ1) is 13.4. The second-order valence-electron chi connectivity index (χ2n) is 4.00. The molecular formula is C12H11Cl2NO3. The molecule has 0 aliphatic carbocycles. The van der Waals surface area contributed by atoms with Crippen LogP contribution in [-0.2, 0) is 6.42 Å². The van der Waals surface area contributed by atoms with E-state index in [0.29, 0.717) is 21.6 Å². The van der Waals surface area contributed by atoms with Gasteiger partial charge in [0, 0.05) is 16.6 Å². The summed E-state index contributed by atoms with van der Waals surface area (Å²) in [6.07, 6.45) is 1.55. The molecular weight excluding hydrogens is 277 g/mol.